The molecule has 0 saturated carbocycles. The monoisotopic (exact) mass is 197 g/mol. The zero-order valence-corrected chi connectivity index (χ0v) is 8.64. The van der Waals surface area contributed by atoms with Crippen LogP contribution in [0.1, 0.15) is 12.5 Å². The van der Waals surface area contributed by atoms with Gasteiger partial charge >= 0.3 is 0 Å². The number of ether oxygens (including phenoxy) is 1. The molecule has 1 rings (SSSR count). The van der Waals surface area contributed by atoms with E-state index in [2.05, 4.69) is 5.32 Å². The molecule has 14 heavy (non-hydrogen) atoms. The molecule has 0 amide bonds. The van der Waals surface area contributed by atoms with Crippen molar-refractivity contribution in [1.82, 2.24) is 5.32 Å². The zero-order chi connectivity index (χ0) is 10.4. The molecule has 0 bridgehead atoms. The van der Waals surface area contributed by atoms with E-state index < -0.39 is 0 Å². The first-order valence-corrected chi connectivity index (χ1v) is 4.83. The number of benzene rings is 1. The van der Waals surface area contributed by atoms with Gasteiger partial charge in [0.1, 0.15) is 18.2 Å². The van der Waals surface area contributed by atoms with Gasteiger partial charge in [-0.1, -0.05) is 13.0 Å². The van der Waals surface area contributed by atoms with Crippen molar-refractivity contribution in [1.29, 1.82) is 0 Å². The van der Waals surface area contributed by atoms with E-state index in [4.69, 9.17) is 4.74 Å². The Morgan fingerprint density at radius 3 is 2.79 bits per heavy atom. The summed E-state index contributed by atoms with van der Waals surface area (Å²) in [5.41, 5.74) is 0.728. The van der Waals surface area contributed by atoms with Crippen LogP contribution in [0.4, 0.5) is 4.39 Å². The summed E-state index contributed by atoms with van der Waals surface area (Å²) in [6.45, 7) is 3.25. The molecule has 0 unspecified atom stereocenters. The van der Waals surface area contributed by atoms with Crippen LogP contribution in [0.3, 0.4) is 0 Å². The molecule has 1 aromatic rings. The molecule has 0 aliphatic rings. The highest BCUT2D eigenvalue weighted by Gasteiger charge is 2.01. The predicted octanol–water partition coefficient (Wildman–Crippen LogP) is 1.99. The molecule has 0 aromatic heterocycles. The fourth-order valence-electron chi connectivity index (χ4n) is 1.18. The van der Waals surface area contributed by atoms with E-state index in [1.54, 1.807) is 12.1 Å². The lowest BCUT2D eigenvalue weighted by atomic mass is 10.1. The second kappa shape index (κ2) is 5.60. The van der Waals surface area contributed by atoms with Crippen molar-refractivity contribution >= 4 is 0 Å². The number of nitrogens with one attached hydrogen (secondary N) is 1. The quantitative estimate of drug-likeness (QED) is 0.729. The predicted molar refractivity (Wildman–Crippen MR) is 55.2 cm³/mol. The first kappa shape index (κ1) is 11.0. The van der Waals surface area contributed by atoms with E-state index in [0.717, 1.165) is 12.1 Å². The van der Waals surface area contributed by atoms with Crippen LogP contribution in [0.5, 0.6) is 5.75 Å². The molecule has 0 atom stereocenters. The molecule has 0 fully saturated rings. The second-order valence-corrected chi connectivity index (χ2v) is 3.06. The Balaban J connectivity index is 2.57. The molecule has 2 nitrogen and oxygen atoms in total. The van der Waals surface area contributed by atoms with Crippen LogP contribution in [0.15, 0.2) is 18.2 Å². The van der Waals surface area contributed by atoms with E-state index in [1.165, 1.54) is 6.07 Å². The lowest BCUT2D eigenvalue weighted by molar-refractivity contribution is 0.316. The van der Waals surface area contributed by atoms with Gasteiger partial charge in [-0.05, 0) is 25.1 Å². The van der Waals surface area contributed by atoms with Crippen molar-refractivity contribution in [3.05, 3.63) is 29.6 Å². The van der Waals surface area contributed by atoms with Crippen molar-refractivity contribution in [2.24, 2.45) is 0 Å². The molecule has 1 N–H and O–H groups in total. The third kappa shape index (κ3) is 3.00. The number of likely N-dealkylation sites (N-methyl/N-ethyl adjacent to an activating group) is 1. The first-order valence-electron chi connectivity index (χ1n) is 4.83. The summed E-state index contributed by atoms with van der Waals surface area (Å²) in [5, 5.41) is 2.96. The summed E-state index contributed by atoms with van der Waals surface area (Å²) < 4.78 is 18.6. The Morgan fingerprint density at radius 1 is 1.43 bits per heavy atom. The summed E-state index contributed by atoms with van der Waals surface area (Å²) in [6.07, 6.45) is 0.711. The van der Waals surface area contributed by atoms with Gasteiger partial charge in [0.2, 0.25) is 0 Å². The molecule has 1 aromatic carbocycles. The number of rotatable bonds is 5. The van der Waals surface area contributed by atoms with Crippen LogP contribution in [-0.2, 0) is 6.42 Å². The van der Waals surface area contributed by atoms with Crippen molar-refractivity contribution in [3.63, 3.8) is 0 Å². The van der Waals surface area contributed by atoms with Gasteiger partial charge in [0.15, 0.2) is 0 Å². The van der Waals surface area contributed by atoms with Crippen molar-refractivity contribution in [3.8, 4) is 5.75 Å². The maximum absolute atomic E-state index is 13.3. The maximum Gasteiger partial charge on any atom is 0.130 e. The third-order valence-corrected chi connectivity index (χ3v) is 2.03. The molecular weight excluding hydrogens is 181 g/mol. The van der Waals surface area contributed by atoms with E-state index in [1.807, 2.05) is 14.0 Å². The topological polar surface area (TPSA) is 21.3 Å². The SMILES string of the molecule is CCc1ccc(OCCNC)cc1F. The van der Waals surface area contributed by atoms with Crippen LogP contribution in [0.25, 0.3) is 0 Å². The minimum absolute atomic E-state index is 0.186. The Hall–Kier alpha value is -1.09. The van der Waals surface area contributed by atoms with Gasteiger partial charge in [-0.3, -0.25) is 0 Å². The molecule has 3 heteroatoms. The van der Waals surface area contributed by atoms with Crippen LogP contribution < -0.4 is 10.1 Å². The molecule has 0 saturated heterocycles. The fourth-order valence-corrected chi connectivity index (χ4v) is 1.18. The van der Waals surface area contributed by atoms with Gasteiger partial charge in [0.05, 0.1) is 0 Å². The molecule has 0 aliphatic heterocycles. The average Bonchev–Trinajstić information content (AvgIpc) is 2.18. The van der Waals surface area contributed by atoms with Crippen LogP contribution in [0.2, 0.25) is 0 Å². The standard InChI is InChI=1S/C11H16FNO/c1-3-9-4-5-10(8-11(9)12)14-7-6-13-2/h4-5,8,13H,3,6-7H2,1-2H3. The Labute approximate surface area is 84.1 Å². The molecule has 0 heterocycles. The van der Waals surface area contributed by atoms with Gasteiger partial charge in [0.25, 0.3) is 0 Å². The Morgan fingerprint density at radius 2 is 2.21 bits per heavy atom. The van der Waals surface area contributed by atoms with Crippen molar-refractivity contribution in [2.45, 2.75) is 13.3 Å². The van der Waals surface area contributed by atoms with E-state index in [0.29, 0.717) is 18.8 Å². The van der Waals surface area contributed by atoms with Gasteiger partial charge < -0.3 is 10.1 Å². The Kier molecular flexibility index (Phi) is 4.40. The van der Waals surface area contributed by atoms with Gasteiger partial charge in [-0.25, -0.2) is 4.39 Å². The summed E-state index contributed by atoms with van der Waals surface area (Å²) >= 11 is 0. The Bertz CT molecular complexity index is 289. The second-order valence-electron chi connectivity index (χ2n) is 3.06. The molecular formula is C11H16FNO. The van der Waals surface area contributed by atoms with E-state index >= 15 is 0 Å². The zero-order valence-electron chi connectivity index (χ0n) is 8.64. The van der Waals surface area contributed by atoms with Crippen molar-refractivity contribution in [2.75, 3.05) is 20.2 Å². The number of aryl methyl sites for hydroxylation is 1. The number of halogens is 1. The average molecular weight is 197 g/mol. The third-order valence-electron chi connectivity index (χ3n) is 2.03. The molecule has 78 valence electrons. The maximum atomic E-state index is 13.3. The lowest BCUT2D eigenvalue weighted by Gasteiger charge is -2.07. The smallest absolute Gasteiger partial charge is 0.130 e. The van der Waals surface area contributed by atoms with Gasteiger partial charge in [-0.15, -0.1) is 0 Å². The molecule has 0 spiro atoms. The van der Waals surface area contributed by atoms with E-state index in [-0.39, 0.29) is 5.82 Å². The largest absolute Gasteiger partial charge is 0.492 e. The van der Waals surface area contributed by atoms with E-state index in [9.17, 15) is 4.39 Å². The summed E-state index contributed by atoms with van der Waals surface area (Å²) in [7, 11) is 1.85. The summed E-state index contributed by atoms with van der Waals surface area (Å²) in [6, 6.07) is 5.01. The first-order chi connectivity index (χ1) is 6.77. The van der Waals surface area contributed by atoms with Gasteiger partial charge in [-0.2, -0.15) is 0 Å². The van der Waals surface area contributed by atoms with Crippen LogP contribution in [-0.4, -0.2) is 20.2 Å². The highest BCUT2D eigenvalue weighted by Crippen LogP contribution is 2.16. The van der Waals surface area contributed by atoms with Crippen LogP contribution >= 0.6 is 0 Å². The highest BCUT2D eigenvalue weighted by atomic mass is 19.1. The van der Waals surface area contributed by atoms with Crippen molar-refractivity contribution < 1.29 is 9.13 Å². The fraction of sp³-hybridized carbons (Fsp3) is 0.455. The molecule has 0 radical (unpaired) electrons. The lowest BCUT2D eigenvalue weighted by Crippen LogP contribution is -2.16. The minimum Gasteiger partial charge on any atom is -0.492 e. The minimum atomic E-state index is -0.186. The summed E-state index contributed by atoms with van der Waals surface area (Å²) in [4.78, 5) is 0. The highest BCUT2D eigenvalue weighted by molar-refractivity contribution is 5.28. The van der Waals surface area contributed by atoms with Crippen LogP contribution in [0, 0.1) is 5.82 Å². The number of hydrogen-bond acceptors (Lipinski definition) is 2. The summed E-state index contributed by atoms with van der Waals surface area (Å²) in [5.74, 6) is 0.407. The molecule has 0 aliphatic carbocycles. The van der Waals surface area contributed by atoms with Gasteiger partial charge in [0, 0.05) is 12.6 Å². The normalized spacial score (nSPS) is 10.2. The number of hydrogen-bond donors (Lipinski definition) is 1.